The lowest BCUT2D eigenvalue weighted by Gasteiger charge is -2.21. The summed E-state index contributed by atoms with van der Waals surface area (Å²) in [4.78, 5) is 24.0. The molecule has 6 nitrogen and oxygen atoms in total. The summed E-state index contributed by atoms with van der Waals surface area (Å²) in [5, 5.41) is 9.36. The maximum atomic E-state index is 12.1. The molecule has 0 atom stereocenters. The average Bonchev–Trinajstić information content (AvgIpc) is 3.39. The van der Waals surface area contributed by atoms with E-state index in [0.717, 1.165) is 31.4 Å². The maximum absolute atomic E-state index is 12.1. The van der Waals surface area contributed by atoms with Crippen LogP contribution >= 0.6 is 11.3 Å². The molecular weight excluding hydrogens is 364 g/mol. The van der Waals surface area contributed by atoms with E-state index in [1.54, 1.807) is 11.4 Å². The molecule has 27 heavy (non-hydrogen) atoms. The monoisotopic (exact) mass is 386 g/mol. The van der Waals surface area contributed by atoms with Gasteiger partial charge in [-0.2, -0.15) is 11.3 Å². The van der Waals surface area contributed by atoms with E-state index in [0.29, 0.717) is 36.4 Å². The topological polar surface area (TPSA) is 76.7 Å². The van der Waals surface area contributed by atoms with Gasteiger partial charge in [0.2, 0.25) is 5.91 Å². The Morgan fingerprint density at radius 2 is 1.93 bits per heavy atom. The molecular formula is C20H22N2O4S. The summed E-state index contributed by atoms with van der Waals surface area (Å²) in [5.41, 5.74) is 1.35. The summed E-state index contributed by atoms with van der Waals surface area (Å²) < 4.78 is 12.0. The van der Waals surface area contributed by atoms with Gasteiger partial charge in [0.05, 0.1) is 0 Å². The van der Waals surface area contributed by atoms with Gasteiger partial charge in [-0.15, -0.1) is 0 Å². The van der Waals surface area contributed by atoms with Crippen LogP contribution in [0.4, 0.5) is 5.69 Å². The van der Waals surface area contributed by atoms with Crippen LogP contribution in [0, 0.1) is 0 Å². The molecule has 2 aliphatic rings. The van der Waals surface area contributed by atoms with Crippen LogP contribution in [0.2, 0.25) is 0 Å². The van der Waals surface area contributed by atoms with E-state index in [4.69, 9.17) is 9.47 Å². The highest BCUT2D eigenvalue weighted by atomic mass is 32.1. The largest absolute Gasteiger partial charge is 0.448 e. The second-order valence-electron chi connectivity index (χ2n) is 6.90. The lowest BCUT2D eigenvalue weighted by atomic mass is 10.2. The first-order chi connectivity index (χ1) is 13.1. The average molecular weight is 386 g/mol. The predicted octanol–water partition coefficient (Wildman–Crippen LogP) is 3.94. The molecule has 1 aromatic heterocycles. The molecule has 7 heteroatoms. The van der Waals surface area contributed by atoms with Gasteiger partial charge in [-0.3, -0.25) is 9.59 Å². The number of nitrogens with one attached hydrogen (secondary N) is 2. The highest BCUT2D eigenvalue weighted by Gasteiger charge is 2.44. The van der Waals surface area contributed by atoms with Crippen molar-refractivity contribution in [1.29, 1.82) is 0 Å². The minimum Gasteiger partial charge on any atom is -0.448 e. The molecule has 1 aromatic carbocycles. The van der Waals surface area contributed by atoms with Crippen molar-refractivity contribution in [1.82, 2.24) is 5.32 Å². The van der Waals surface area contributed by atoms with Gasteiger partial charge in [-0.25, -0.2) is 0 Å². The first-order valence-electron chi connectivity index (χ1n) is 9.26. The third kappa shape index (κ3) is 4.08. The van der Waals surface area contributed by atoms with Crippen LogP contribution in [0.1, 0.15) is 48.9 Å². The van der Waals surface area contributed by atoms with Gasteiger partial charge in [0, 0.05) is 48.5 Å². The third-order valence-electron chi connectivity index (χ3n) is 4.83. The normalized spacial score (nSPS) is 16.4. The minimum atomic E-state index is -0.494. The number of hydrogen-bond acceptors (Lipinski definition) is 5. The molecule has 142 valence electrons. The Balaban J connectivity index is 1.23. The zero-order valence-electron chi connectivity index (χ0n) is 15.0. The first-order valence-corrected chi connectivity index (χ1v) is 10.2. The Morgan fingerprint density at radius 1 is 1.11 bits per heavy atom. The Labute approximate surface area is 161 Å². The number of ether oxygens (including phenoxy) is 2. The lowest BCUT2D eigenvalue weighted by molar-refractivity contribution is -0.116. The number of thiophene rings is 1. The Bertz CT molecular complexity index is 829. The van der Waals surface area contributed by atoms with Gasteiger partial charge in [0.15, 0.2) is 11.5 Å². The van der Waals surface area contributed by atoms with Crippen LogP contribution in [0.15, 0.2) is 35.0 Å². The van der Waals surface area contributed by atoms with E-state index in [2.05, 4.69) is 10.6 Å². The summed E-state index contributed by atoms with van der Waals surface area (Å²) in [7, 11) is 0. The number of carbonyl (C=O) groups is 2. The molecule has 2 N–H and O–H groups in total. The van der Waals surface area contributed by atoms with E-state index >= 15 is 0 Å². The molecule has 2 aromatic rings. The van der Waals surface area contributed by atoms with Crippen molar-refractivity contribution in [3.63, 3.8) is 0 Å². The van der Waals surface area contributed by atoms with Gasteiger partial charge >= 0.3 is 0 Å². The fraction of sp³-hybridized carbons (Fsp3) is 0.400. The number of carbonyl (C=O) groups excluding carboxylic acids is 2. The Kier molecular flexibility index (Phi) is 5.03. The van der Waals surface area contributed by atoms with Gasteiger partial charge < -0.3 is 20.1 Å². The van der Waals surface area contributed by atoms with Crippen LogP contribution < -0.4 is 20.1 Å². The molecule has 1 aliphatic carbocycles. The van der Waals surface area contributed by atoms with Crippen molar-refractivity contribution in [3.8, 4) is 11.5 Å². The molecule has 0 radical (unpaired) electrons. The van der Waals surface area contributed by atoms with Crippen molar-refractivity contribution in [2.75, 3.05) is 11.9 Å². The molecule has 0 unspecified atom stereocenters. The number of hydrogen-bond donors (Lipinski definition) is 2. The van der Waals surface area contributed by atoms with Gasteiger partial charge in [-0.1, -0.05) is 0 Å². The lowest BCUT2D eigenvalue weighted by Crippen LogP contribution is -2.34. The zero-order valence-corrected chi connectivity index (χ0v) is 15.8. The fourth-order valence-electron chi connectivity index (χ4n) is 3.46. The molecule has 1 aliphatic heterocycles. The standard InChI is InChI=1S/C20H22N2O4S/c23-18(4-3-10-21-19(24)14-7-11-27-13-14)22-15-5-6-16-17(12-15)26-20(25-16)8-1-2-9-20/h5-7,11-13H,1-4,8-10H2,(H,21,24)(H,22,23). The summed E-state index contributed by atoms with van der Waals surface area (Å²) in [6, 6.07) is 7.27. The quantitative estimate of drug-likeness (QED) is 0.738. The minimum absolute atomic E-state index is 0.0887. The highest BCUT2D eigenvalue weighted by Crippen LogP contribution is 2.47. The molecule has 1 saturated carbocycles. The van der Waals surface area contributed by atoms with E-state index < -0.39 is 5.79 Å². The molecule has 0 saturated heterocycles. The van der Waals surface area contributed by atoms with E-state index in [9.17, 15) is 9.59 Å². The van der Waals surface area contributed by atoms with Gasteiger partial charge in [0.25, 0.3) is 11.7 Å². The molecule has 1 spiro atoms. The second-order valence-corrected chi connectivity index (χ2v) is 7.68. The smallest absolute Gasteiger partial charge is 0.252 e. The van der Waals surface area contributed by atoms with Crippen LogP contribution in [-0.4, -0.2) is 24.1 Å². The Morgan fingerprint density at radius 3 is 2.70 bits per heavy atom. The molecule has 2 amide bonds. The number of fused-ring (bicyclic) bond motifs is 1. The summed E-state index contributed by atoms with van der Waals surface area (Å²) in [6.07, 6.45) is 4.94. The fourth-order valence-corrected chi connectivity index (χ4v) is 4.10. The highest BCUT2D eigenvalue weighted by molar-refractivity contribution is 7.08. The summed E-state index contributed by atoms with van der Waals surface area (Å²) in [6.45, 7) is 0.464. The molecule has 2 heterocycles. The summed E-state index contributed by atoms with van der Waals surface area (Å²) >= 11 is 1.48. The number of amides is 2. The second kappa shape index (κ2) is 7.60. The van der Waals surface area contributed by atoms with Crippen LogP contribution in [0.3, 0.4) is 0 Å². The van der Waals surface area contributed by atoms with Crippen molar-refractivity contribution >= 4 is 28.8 Å². The Hall–Kier alpha value is -2.54. The van der Waals surface area contributed by atoms with Crippen LogP contribution in [0.25, 0.3) is 0 Å². The van der Waals surface area contributed by atoms with Gasteiger partial charge in [0.1, 0.15) is 0 Å². The SMILES string of the molecule is O=C(CCCNC(=O)c1ccsc1)Nc1ccc2c(c1)OC1(CCCC1)O2. The van der Waals surface area contributed by atoms with E-state index in [-0.39, 0.29) is 11.8 Å². The third-order valence-corrected chi connectivity index (χ3v) is 5.52. The maximum Gasteiger partial charge on any atom is 0.252 e. The first kappa shape index (κ1) is 17.9. The van der Waals surface area contributed by atoms with Gasteiger partial charge in [-0.05, 0) is 42.8 Å². The van der Waals surface area contributed by atoms with Crippen molar-refractivity contribution in [2.24, 2.45) is 0 Å². The number of rotatable bonds is 6. The molecule has 0 bridgehead atoms. The van der Waals surface area contributed by atoms with Crippen molar-refractivity contribution < 1.29 is 19.1 Å². The number of anilines is 1. The van der Waals surface area contributed by atoms with E-state index in [1.807, 2.05) is 23.6 Å². The van der Waals surface area contributed by atoms with Crippen molar-refractivity contribution in [2.45, 2.75) is 44.3 Å². The van der Waals surface area contributed by atoms with Crippen molar-refractivity contribution in [3.05, 3.63) is 40.6 Å². The van der Waals surface area contributed by atoms with E-state index in [1.165, 1.54) is 11.3 Å². The zero-order chi connectivity index (χ0) is 18.7. The van der Waals surface area contributed by atoms with Crippen LogP contribution in [-0.2, 0) is 4.79 Å². The predicted molar refractivity (Wildman–Crippen MR) is 103 cm³/mol. The molecule has 4 rings (SSSR count). The summed E-state index contributed by atoms with van der Waals surface area (Å²) in [5.74, 6) is 0.747. The number of benzene rings is 1. The molecule has 1 fully saturated rings. The van der Waals surface area contributed by atoms with Crippen LogP contribution in [0.5, 0.6) is 11.5 Å².